The summed E-state index contributed by atoms with van der Waals surface area (Å²) in [6.45, 7) is 0.859. The van der Waals surface area contributed by atoms with Crippen LogP contribution in [0, 0.1) is 0 Å². The largest absolute Gasteiger partial charge is 0.474 e. The average molecular weight is 373 g/mol. The fraction of sp³-hybridized carbons (Fsp3) is 0.600. The Kier molecular flexibility index (Phi) is 6.60. The smallest absolute Gasteiger partial charge is 0.253 e. The highest BCUT2D eigenvalue weighted by Crippen LogP contribution is 2.24. The fourth-order valence-electron chi connectivity index (χ4n) is 2.41. The quantitative estimate of drug-likeness (QED) is 0.745. The summed E-state index contributed by atoms with van der Waals surface area (Å²) in [5, 5.41) is 12.8. The van der Waals surface area contributed by atoms with Crippen molar-refractivity contribution in [3.63, 3.8) is 0 Å². The van der Waals surface area contributed by atoms with Crippen molar-refractivity contribution >= 4 is 21.8 Å². The molecular formula is C15H21BrN2O4. The molecule has 0 spiro atoms. The van der Waals surface area contributed by atoms with Crippen LogP contribution in [-0.2, 0) is 4.74 Å². The Morgan fingerprint density at radius 2 is 2.23 bits per heavy atom. The van der Waals surface area contributed by atoms with Crippen LogP contribution in [0.15, 0.2) is 16.7 Å². The Labute approximate surface area is 138 Å². The van der Waals surface area contributed by atoms with Crippen LogP contribution >= 0.6 is 15.9 Å². The molecule has 1 aliphatic rings. The number of aliphatic hydroxyl groups is 1. The molecule has 7 heteroatoms. The topological polar surface area (TPSA) is 80.7 Å². The first kappa shape index (κ1) is 17.2. The van der Waals surface area contributed by atoms with Crippen LogP contribution in [0.1, 0.15) is 36.0 Å². The van der Waals surface area contributed by atoms with E-state index >= 15 is 0 Å². The SMILES string of the molecule is COCCOc1ncc(C(=O)N[C@H]2CCCC[C@@H]2O)cc1Br. The van der Waals surface area contributed by atoms with E-state index in [9.17, 15) is 9.90 Å². The predicted molar refractivity (Wildman–Crippen MR) is 85.0 cm³/mol. The number of rotatable bonds is 6. The van der Waals surface area contributed by atoms with Crippen molar-refractivity contribution in [2.75, 3.05) is 20.3 Å². The first-order valence-corrected chi connectivity index (χ1v) is 8.17. The minimum Gasteiger partial charge on any atom is -0.474 e. The predicted octanol–water partition coefficient (Wildman–Crippen LogP) is 1.90. The van der Waals surface area contributed by atoms with Crippen molar-refractivity contribution in [1.82, 2.24) is 10.3 Å². The molecule has 0 aliphatic heterocycles. The molecule has 2 atom stereocenters. The Morgan fingerprint density at radius 3 is 2.91 bits per heavy atom. The monoisotopic (exact) mass is 372 g/mol. The fourth-order valence-corrected chi connectivity index (χ4v) is 2.87. The molecule has 1 fully saturated rings. The van der Waals surface area contributed by atoms with Crippen molar-refractivity contribution in [3.05, 3.63) is 22.3 Å². The average Bonchev–Trinajstić information content (AvgIpc) is 2.51. The molecule has 6 nitrogen and oxygen atoms in total. The molecule has 122 valence electrons. The van der Waals surface area contributed by atoms with Gasteiger partial charge in [-0.2, -0.15) is 0 Å². The molecule has 0 saturated heterocycles. The lowest BCUT2D eigenvalue weighted by atomic mass is 9.92. The summed E-state index contributed by atoms with van der Waals surface area (Å²) in [7, 11) is 1.60. The van der Waals surface area contributed by atoms with Crippen molar-refractivity contribution in [2.24, 2.45) is 0 Å². The Hall–Kier alpha value is -1.18. The standard InChI is InChI=1S/C15H21BrN2O4/c1-21-6-7-22-15-11(16)8-10(9-17-15)14(20)18-12-4-2-3-5-13(12)19/h8-9,12-13,19H,2-7H2,1H3,(H,18,20)/t12-,13-/m0/s1. The van der Waals surface area contributed by atoms with E-state index in [1.54, 1.807) is 13.2 Å². The van der Waals surface area contributed by atoms with Crippen LogP contribution in [0.4, 0.5) is 0 Å². The van der Waals surface area contributed by atoms with Crippen LogP contribution in [0.5, 0.6) is 5.88 Å². The zero-order valence-electron chi connectivity index (χ0n) is 12.5. The minimum absolute atomic E-state index is 0.183. The number of ether oxygens (including phenoxy) is 2. The second kappa shape index (κ2) is 8.45. The lowest BCUT2D eigenvalue weighted by Crippen LogP contribution is -2.45. The maximum absolute atomic E-state index is 12.2. The highest BCUT2D eigenvalue weighted by molar-refractivity contribution is 9.10. The normalized spacial score (nSPS) is 21.4. The Balaban J connectivity index is 1.96. The number of nitrogens with one attached hydrogen (secondary N) is 1. The number of carbonyl (C=O) groups excluding carboxylic acids is 1. The van der Waals surface area contributed by atoms with E-state index in [1.807, 2.05) is 0 Å². The molecule has 0 radical (unpaired) electrons. The second-order valence-electron chi connectivity index (χ2n) is 5.28. The van der Waals surface area contributed by atoms with E-state index in [0.717, 1.165) is 25.7 Å². The van der Waals surface area contributed by atoms with E-state index < -0.39 is 6.10 Å². The van der Waals surface area contributed by atoms with Gasteiger partial charge in [0.05, 0.1) is 28.8 Å². The zero-order chi connectivity index (χ0) is 15.9. The van der Waals surface area contributed by atoms with E-state index in [0.29, 0.717) is 29.1 Å². The summed E-state index contributed by atoms with van der Waals surface area (Å²) in [5.41, 5.74) is 0.434. The van der Waals surface area contributed by atoms with Gasteiger partial charge < -0.3 is 19.9 Å². The van der Waals surface area contributed by atoms with Gasteiger partial charge in [-0.1, -0.05) is 12.8 Å². The van der Waals surface area contributed by atoms with Gasteiger partial charge in [0.25, 0.3) is 5.91 Å². The van der Waals surface area contributed by atoms with Gasteiger partial charge in [0.2, 0.25) is 5.88 Å². The first-order chi connectivity index (χ1) is 10.6. The van der Waals surface area contributed by atoms with Gasteiger partial charge in [-0.25, -0.2) is 4.98 Å². The summed E-state index contributed by atoms with van der Waals surface area (Å²) in [6.07, 6.45) is 4.58. The summed E-state index contributed by atoms with van der Waals surface area (Å²) < 4.78 is 10.9. The second-order valence-corrected chi connectivity index (χ2v) is 6.14. The Bertz CT molecular complexity index is 512. The first-order valence-electron chi connectivity index (χ1n) is 7.38. The number of methoxy groups -OCH3 is 1. The number of nitrogens with zero attached hydrogens (tertiary/aromatic N) is 1. The van der Waals surface area contributed by atoms with E-state index in [-0.39, 0.29) is 11.9 Å². The number of hydrogen-bond acceptors (Lipinski definition) is 5. The van der Waals surface area contributed by atoms with Crippen molar-refractivity contribution in [1.29, 1.82) is 0 Å². The van der Waals surface area contributed by atoms with Crippen LogP contribution in [0.25, 0.3) is 0 Å². The maximum Gasteiger partial charge on any atom is 0.253 e. The van der Waals surface area contributed by atoms with Crippen LogP contribution in [-0.4, -0.2) is 48.5 Å². The number of halogens is 1. The number of amides is 1. The third kappa shape index (κ3) is 4.66. The molecule has 2 rings (SSSR count). The van der Waals surface area contributed by atoms with Crippen molar-refractivity contribution in [2.45, 2.75) is 37.8 Å². The summed E-state index contributed by atoms with van der Waals surface area (Å²) in [4.78, 5) is 16.4. The summed E-state index contributed by atoms with van der Waals surface area (Å²) in [6, 6.07) is 1.48. The van der Waals surface area contributed by atoms with Gasteiger partial charge in [0, 0.05) is 13.3 Å². The molecule has 0 unspecified atom stereocenters. The highest BCUT2D eigenvalue weighted by Gasteiger charge is 2.25. The number of aromatic nitrogens is 1. The number of pyridine rings is 1. The minimum atomic E-state index is -0.467. The molecule has 1 aromatic heterocycles. The van der Waals surface area contributed by atoms with Gasteiger partial charge in [-0.15, -0.1) is 0 Å². The number of hydrogen-bond donors (Lipinski definition) is 2. The van der Waals surface area contributed by atoms with Gasteiger partial charge in [-0.3, -0.25) is 4.79 Å². The zero-order valence-corrected chi connectivity index (χ0v) is 14.1. The molecule has 22 heavy (non-hydrogen) atoms. The molecule has 1 saturated carbocycles. The van der Waals surface area contributed by atoms with E-state index in [2.05, 4.69) is 26.2 Å². The highest BCUT2D eigenvalue weighted by atomic mass is 79.9. The lowest BCUT2D eigenvalue weighted by molar-refractivity contribution is 0.0717. The van der Waals surface area contributed by atoms with Gasteiger partial charge >= 0.3 is 0 Å². The summed E-state index contributed by atoms with van der Waals surface area (Å²) in [5.74, 6) is 0.189. The van der Waals surface area contributed by atoms with Crippen LogP contribution < -0.4 is 10.1 Å². The molecule has 0 aromatic carbocycles. The molecule has 1 heterocycles. The molecule has 1 aromatic rings. The number of aliphatic hydroxyl groups excluding tert-OH is 1. The third-order valence-corrected chi connectivity index (χ3v) is 4.21. The van der Waals surface area contributed by atoms with Crippen molar-refractivity contribution < 1.29 is 19.4 Å². The van der Waals surface area contributed by atoms with Crippen molar-refractivity contribution in [3.8, 4) is 5.88 Å². The Morgan fingerprint density at radius 1 is 1.45 bits per heavy atom. The molecule has 1 amide bonds. The lowest BCUT2D eigenvalue weighted by Gasteiger charge is -2.28. The molecule has 2 N–H and O–H groups in total. The van der Waals surface area contributed by atoms with Gasteiger partial charge in [0.15, 0.2) is 0 Å². The molecule has 1 aliphatic carbocycles. The molecule has 0 bridgehead atoms. The van der Waals surface area contributed by atoms with Gasteiger partial charge in [0.1, 0.15) is 6.61 Å². The third-order valence-electron chi connectivity index (χ3n) is 3.64. The van der Waals surface area contributed by atoms with Gasteiger partial charge in [-0.05, 0) is 34.8 Å². The number of carbonyl (C=O) groups is 1. The van der Waals surface area contributed by atoms with E-state index in [4.69, 9.17) is 9.47 Å². The maximum atomic E-state index is 12.2. The van der Waals surface area contributed by atoms with Crippen LogP contribution in [0.2, 0.25) is 0 Å². The van der Waals surface area contributed by atoms with E-state index in [1.165, 1.54) is 6.20 Å². The van der Waals surface area contributed by atoms with Crippen LogP contribution in [0.3, 0.4) is 0 Å². The summed E-state index contributed by atoms with van der Waals surface area (Å²) >= 11 is 3.35. The molecular weight excluding hydrogens is 352 g/mol.